The largest absolute Gasteiger partial charge is 0.416 e. The molecule has 1 fully saturated rings. The second-order valence-corrected chi connectivity index (χ2v) is 5.69. The van der Waals surface area contributed by atoms with Gasteiger partial charge in [-0.2, -0.15) is 13.2 Å². The van der Waals surface area contributed by atoms with Gasteiger partial charge < -0.3 is 15.8 Å². The highest BCUT2D eigenvalue weighted by molar-refractivity contribution is 9.10. The third kappa shape index (κ3) is 4.84. The number of nitrogens with one attached hydrogen (secondary N) is 1. The van der Waals surface area contributed by atoms with Crippen LogP contribution in [-0.2, 0) is 15.7 Å². The second-order valence-electron chi connectivity index (χ2n) is 4.78. The van der Waals surface area contributed by atoms with Crippen LogP contribution in [0.5, 0.6) is 0 Å². The molecule has 0 unspecified atom stereocenters. The minimum absolute atomic E-state index is 0. The Bertz CT molecular complexity index is 543. The summed E-state index contributed by atoms with van der Waals surface area (Å²) < 4.78 is 43.8. The highest BCUT2D eigenvalue weighted by atomic mass is 79.9. The first-order chi connectivity index (χ1) is 9.79. The number of carbonyl (C=O) groups excluding carboxylic acids is 1. The van der Waals surface area contributed by atoms with E-state index in [0.29, 0.717) is 19.4 Å². The molecule has 1 saturated heterocycles. The van der Waals surface area contributed by atoms with Crippen molar-refractivity contribution < 1.29 is 22.7 Å². The van der Waals surface area contributed by atoms with E-state index >= 15 is 0 Å². The van der Waals surface area contributed by atoms with Gasteiger partial charge in [0, 0.05) is 16.7 Å². The minimum atomic E-state index is -4.47. The summed E-state index contributed by atoms with van der Waals surface area (Å²) in [7, 11) is 0. The molecule has 0 aliphatic carbocycles. The Labute approximate surface area is 140 Å². The van der Waals surface area contributed by atoms with Gasteiger partial charge in [-0.3, -0.25) is 4.79 Å². The zero-order valence-corrected chi connectivity index (χ0v) is 13.7. The first kappa shape index (κ1) is 19.2. The smallest absolute Gasteiger partial charge is 0.364 e. The molecule has 0 bridgehead atoms. The molecule has 0 spiro atoms. The van der Waals surface area contributed by atoms with E-state index in [4.69, 9.17) is 10.5 Å². The van der Waals surface area contributed by atoms with Gasteiger partial charge >= 0.3 is 6.18 Å². The molecule has 0 aromatic heterocycles. The van der Waals surface area contributed by atoms with Crippen LogP contribution in [0.3, 0.4) is 0 Å². The van der Waals surface area contributed by atoms with Crippen LogP contribution >= 0.6 is 28.3 Å². The summed E-state index contributed by atoms with van der Waals surface area (Å²) >= 11 is 3.00. The normalized spacial score (nSPS) is 21.3. The van der Waals surface area contributed by atoms with Crippen molar-refractivity contribution in [3.63, 3.8) is 0 Å². The van der Waals surface area contributed by atoms with Crippen molar-refractivity contribution in [1.82, 2.24) is 0 Å². The number of hydrogen-bond acceptors (Lipinski definition) is 3. The topological polar surface area (TPSA) is 64.4 Å². The van der Waals surface area contributed by atoms with E-state index in [1.54, 1.807) is 0 Å². The Hall–Kier alpha value is -0.830. The van der Waals surface area contributed by atoms with Crippen LogP contribution in [0.1, 0.15) is 18.4 Å². The fourth-order valence-corrected chi connectivity index (χ4v) is 2.61. The summed E-state index contributed by atoms with van der Waals surface area (Å²) in [5.41, 5.74) is 4.69. The van der Waals surface area contributed by atoms with Crippen LogP contribution in [0.15, 0.2) is 22.7 Å². The van der Waals surface area contributed by atoms with E-state index in [1.165, 1.54) is 6.07 Å². The quantitative estimate of drug-likeness (QED) is 0.814. The Morgan fingerprint density at radius 1 is 1.36 bits per heavy atom. The van der Waals surface area contributed by atoms with Crippen LogP contribution in [-0.4, -0.2) is 24.7 Å². The average molecular weight is 404 g/mol. The molecular formula is C13H15BrClF3N2O2. The van der Waals surface area contributed by atoms with Crippen LogP contribution in [0, 0.1) is 0 Å². The number of alkyl halides is 3. The number of ether oxygens (including phenoxy) is 1. The highest BCUT2D eigenvalue weighted by Gasteiger charge is 2.32. The lowest BCUT2D eigenvalue weighted by molar-refractivity contribution is -0.137. The standard InChI is InChI=1S/C13H14BrF3N2O2.ClH/c14-8-3-7(13(15,16)17)4-9(5-8)19-12(20)11-2-1-10(6-18)21-11;/h3-5,10-11H,1-2,6,18H2,(H,19,20);1H/t10-,11+;/m1./s1. The molecule has 4 nitrogen and oxygen atoms in total. The molecule has 1 aliphatic rings. The molecular weight excluding hydrogens is 389 g/mol. The molecule has 1 heterocycles. The first-order valence-electron chi connectivity index (χ1n) is 6.34. The minimum Gasteiger partial charge on any atom is -0.364 e. The summed E-state index contributed by atoms with van der Waals surface area (Å²) in [5, 5.41) is 2.45. The highest BCUT2D eigenvalue weighted by Crippen LogP contribution is 2.33. The SMILES string of the molecule is Cl.NC[C@H]1CC[C@@H](C(=O)Nc2cc(Br)cc(C(F)(F)F)c2)O1. The van der Waals surface area contributed by atoms with E-state index in [-0.39, 0.29) is 28.7 Å². The lowest BCUT2D eigenvalue weighted by Crippen LogP contribution is -2.29. The maximum atomic E-state index is 12.7. The van der Waals surface area contributed by atoms with Crippen LogP contribution in [0.4, 0.5) is 18.9 Å². The maximum Gasteiger partial charge on any atom is 0.416 e. The fraction of sp³-hybridized carbons (Fsp3) is 0.462. The predicted octanol–water partition coefficient (Wildman–Crippen LogP) is 3.33. The van der Waals surface area contributed by atoms with E-state index in [0.717, 1.165) is 12.1 Å². The molecule has 0 radical (unpaired) electrons. The summed E-state index contributed by atoms with van der Waals surface area (Å²) in [6.45, 7) is 0.318. The number of carbonyl (C=O) groups is 1. The summed E-state index contributed by atoms with van der Waals surface area (Å²) in [5.74, 6) is -0.461. The van der Waals surface area contributed by atoms with E-state index in [9.17, 15) is 18.0 Å². The van der Waals surface area contributed by atoms with Crippen LogP contribution in [0.2, 0.25) is 0 Å². The molecule has 124 valence electrons. The third-order valence-electron chi connectivity index (χ3n) is 3.16. The van der Waals surface area contributed by atoms with Gasteiger partial charge in [0.2, 0.25) is 0 Å². The number of halogens is 5. The van der Waals surface area contributed by atoms with E-state index in [1.807, 2.05) is 0 Å². The summed E-state index contributed by atoms with van der Waals surface area (Å²) in [6.07, 6.45) is -4.15. The van der Waals surface area contributed by atoms with E-state index in [2.05, 4.69) is 21.2 Å². The lowest BCUT2D eigenvalue weighted by Gasteiger charge is -2.14. The molecule has 9 heteroatoms. The Morgan fingerprint density at radius 3 is 2.59 bits per heavy atom. The number of benzene rings is 1. The average Bonchev–Trinajstić information content (AvgIpc) is 2.85. The number of rotatable bonds is 3. The van der Waals surface area contributed by atoms with Crippen molar-refractivity contribution in [2.45, 2.75) is 31.2 Å². The number of hydrogen-bond donors (Lipinski definition) is 2. The van der Waals surface area contributed by atoms with Gasteiger partial charge in [-0.1, -0.05) is 15.9 Å². The van der Waals surface area contributed by atoms with Crippen molar-refractivity contribution in [3.05, 3.63) is 28.2 Å². The number of nitrogens with two attached hydrogens (primary N) is 1. The molecule has 1 aliphatic heterocycles. The van der Waals surface area contributed by atoms with Gasteiger partial charge in [0.05, 0.1) is 11.7 Å². The van der Waals surface area contributed by atoms with Crippen molar-refractivity contribution in [2.24, 2.45) is 5.73 Å². The Kier molecular flexibility index (Phi) is 6.66. The van der Waals surface area contributed by atoms with Crippen LogP contribution in [0.25, 0.3) is 0 Å². The lowest BCUT2D eigenvalue weighted by atomic mass is 10.1. The zero-order valence-electron chi connectivity index (χ0n) is 11.3. The maximum absolute atomic E-state index is 12.7. The zero-order chi connectivity index (χ0) is 15.6. The van der Waals surface area contributed by atoms with Crippen LogP contribution < -0.4 is 11.1 Å². The fourth-order valence-electron chi connectivity index (χ4n) is 2.12. The van der Waals surface area contributed by atoms with Gasteiger partial charge in [0.15, 0.2) is 0 Å². The molecule has 2 atom stereocenters. The number of anilines is 1. The molecule has 3 N–H and O–H groups in total. The third-order valence-corrected chi connectivity index (χ3v) is 3.61. The summed E-state index contributed by atoms with van der Waals surface area (Å²) in [6, 6.07) is 3.24. The first-order valence-corrected chi connectivity index (χ1v) is 7.13. The monoisotopic (exact) mass is 402 g/mol. The van der Waals surface area contributed by atoms with Gasteiger partial charge in [-0.15, -0.1) is 12.4 Å². The van der Waals surface area contributed by atoms with Gasteiger partial charge in [0.25, 0.3) is 5.91 Å². The van der Waals surface area contributed by atoms with Gasteiger partial charge in [0.1, 0.15) is 6.10 Å². The molecule has 1 amide bonds. The van der Waals surface area contributed by atoms with Gasteiger partial charge in [-0.05, 0) is 31.0 Å². The Morgan fingerprint density at radius 2 is 2.05 bits per heavy atom. The predicted molar refractivity (Wildman–Crippen MR) is 82.0 cm³/mol. The van der Waals surface area contributed by atoms with E-state index < -0.39 is 23.8 Å². The van der Waals surface area contributed by atoms with Crippen molar-refractivity contribution in [2.75, 3.05) is 11.9 Å². The molecule has 1 aromatic rings. The summed E-state index contributed by atoms with van der Waals surface area (Å²) in [4.78, 5) is 12.0. The molecule has 1 aromatic carbocycles. The second kappa shape index (κ2) is 7.63. The van der Waals surface area contributed by atoms with Crippen molar-refractivity contribution in [1.29, 1.82) is 0 Å². The molecule has 0 saturated carbocycles. The Balaban J connectivity index is 0.00000242. The number of amides is 1. The van der Waals surface area contributed by atoms with Crippen molar-refractivity contribution >= 4 is 39.9 Å². The van der Waals surface area contributed by atoms with Gasteiger partial charge in [-0.25, -0.2) is 0 Å². The van der Waals surface area contributed by atoms with Crippen molar-refractivity contribution in [3.8, 4) is 0 Å². The molecule has 22 heavy (non-hydrogen) atoms. The molecule has 2 rings (SSSR count).